The maximum atomic E-state index is 12.4. The SMILES string of the molecule is C=C(C)C(=O)C(CO)c1ccc(N(c2ccccc2)c2ccc(-c3ccccc3)cc2)cc1. The Balaban J connectivity index is 1.70. The molecule has 0 aliphatic heterocycles. The highest BCUT2D eigenvalue weighted by Gasteiger charge is 2.21. The van der Waals surface area contributed by atoms with E-state index in [1.54, 1.807) is 6.92 Å². The molecule has 0 radical (unpaired) electrons. The molecule has 0 aromatic heterocycles. The summed E-state index contributed by atoms with van der Waals surface area (Å²) in [7, 11) is 0. The van der Waals surface area contributed by atoms with E-state index in [0.717, 1.165) is 28.2 Å². The number of rotatable bonds is 8. The number of hydrogen-bond acceptors (Lipinski definition) is 3. The van der Waals surface area contributed by atoms with Gasteiger partial charge in [0.15, 0.2) is 5.78 Å². The molecule has 1 N–H and O–H groups in total. The van der Waals surface area contributed by atoms with Crippen LogP contribution in [0.25, 0.3) is 11.1 Å². The van der Waals surface area contributed by atoms with E-state index in [2.05, 4.69) is 60.0 Å². The van der Waals surface area contributed by atoms with Crippen LogP contribution in [0.5, 0.6) is 0 Å². The van der Waals surface area contributed by atoms with E-state index in [9.17, 15) is 9.90 Å². The van der Waals surface area contributed by atoms with Gasteiger partial charge in [-0.3, -0.25) is 4.79 Å². The number of allylic oxidation sites excluding steroid dienone is 1. The number of hydrogen-bond donors (Lipinski definition) is 1. The highest BCUT2D eigenvalue weighted by atomic mass is 16.3. The van der Waals surface area contributed by atoms with Crippen LogP contribution < -0.4 is 4.90 Å². The summed E-state index contributed by atoms with van der Waals surface area (Å²) in [6.07, 6.45) is 0. The highest BCUT2D eigenvalue weighted by molar-refractivity contribution is 5.99. The van der Waals surface area contributed by atoms with E-state index < -0.39 is 5.92 Å². The molecule has 3 nitrogen and oxygen atoms in total. The molecule has 0 aliphatic rings. The van der Waals surface area contributed by atoms with Crippen LogP contribution in [-0.4, -0.2) is 17.5 Å². The van der Waals surface area contributed by atoms with Crippen LogP contribution in [0.3, 0.4) is 0 Å². The van der Waals surface area contributed by atoms with Crippen LogP contribution in [0.2, 0.25) is 0 Å². The monoisotopic (exact) mass is 433 g/mol. The van der Waals surface area contributed by atoms with Crippen LogP contribution in [0.1, 0.15) is 18.4 Å². The third-order valence-electron chi connectivity index (χ3n) is 5.72. The van der Waals surface area contributed by atoms with Gasteiger partial charge < -0.3 is 10.0 Å². The quantitative estimate of drug-likeness (QED) is 0.303. The van der Waals surface area contributed by atoms with Gasteiger partial charge >= 0.3 is 0 Å². The minimum atomic E-state index is -0.591. The number of ketones is 1. The molecule has 164 valence electrons. The fourth-order valence-electron chi connectivity index (χ4n) is 3.95. The van der Waals surface area contributed by atoms with Gasteiger partial charge in [-0.05, 0) is 65.6 Å². The molecule has 0 heterocycles. The number of nitrogens with zero attached hydrogens (tertiary/aromatic N) is 1. The summed E-state index contributed by atoms with van der Waals surface area (Å²) in [5.41, 5.74) is 6.60. The third kappa shape index (κ3) is 4.94. The van der Waals surface area contributed by atoms with Crippen LogP contribution in [-0.2, 0) is 4.79 Å². The van der Waals surface area contributed by atoms with Gasteiger partial charge in [0.1, 0.15) is 0 Å². The van der Waals surface area contributed by atoms with E-state index in [1.165, 1.54) is 5.56 Å². The van der Waals surface area contributed by atoms with Gasteiger partial charge in [0, 0.05) is 17.1 Å². The Morgan fingerprint density at radius 2 is 1.18 bits per heavy atom. The minimum Gasteiger partial charge on any atom is -0.395 e. The van der Waals surface area contributed by atoms with Crippen molar-refractivity contribution in [2.75, 3.05) is 11.5 Å². The van der Waals surface area contributed by atoms with Gasteiger partial charge in [-0.25, -0.2) is 0 Å². The van der Waals surface area contributed by atoms with Gasteiger partial charge in [-0.2, -0.15) is 0 Å². The second-order valence-corrected chi connectivity index (χ2v) is 8.06. The molecular weight excluding hydrogens is 406 g/mol. The zero-order valence-electron chi connectivity index (χ0n) is 18.7. The average molecular weight is 434 g/mol. The van der Waals surface area contributed by atoms with Gasteiger partial charge in [0.05, 0.1) is 12.5 Å². The maximum Gasteiger partial charge on any atom is 0.167 e. The summed E-state index contributed by atoms with van der Waals surface area (Å²) in [6.45, 7) is 5.17. The first-order valence-electron chi connectivity index (χ1n) is 11.0. The molecule has 0 saturated heterocycles. The molecular formula is C30H27NO2. The van der Waals surface area contributed by atoms with Crippen molar-refractivity contribution in [3.8, 4) is 11.1 Å². The standard InChI is InChI=1S/C30H27NO2/c1-22(2)30(33)29(21-32)25-15-19-28(20-16-25)31(26-11-7-4-8-12-26)27-17-13-24(14-18-27)23-9-5-3-6-10-23/h3-20,29,32H,1,21H2,2H3. The van der Waals surface area contributed by atoms with E-state index in [4.69, 9.17) is 0 Å². The number of aliphatic hydroxyl groups is 1. The molecule has 1 atom stereocenters. The van der Waals surface area contributed by atoms with Crippen molar-refractivity contribution >= 4 is 22.8 Å². The van der Waals surface area contributed by atoms with E-state index in [0.29, 0.717) is 5.57 Å². The zero-order chi connectivity index (χ0) is 23.2. The fraction of sp³-hybridized carbons (Fsp3) is 0.100. The Kier molecular flexibility index (Phi) is 6.82. The van der Waals surface area contributed by atoms with Crippen molar-refractivity contribution in [2.45, 2.75) is 12.8 Å². The normalized spacial score (nSPS) is 11.6. The highest BCUT2D eigenvalue weighted by Crippen LogP contribution is 2.36. The Morgan fingerprint density at radius 3 is 1.70 bits per heavy atom. The zero-order valence-corrected chi connectivity index (χ0v) is 18.7. The Hall–Kier alpha value is -3.95. The van der Waals surface area contributed by atoms with Crippen molar-refractivity contribution in [3.63, 3.8) is 0 Å². The van der Waals surface area contributed by atoms with Gasteiger partial charge in [-0.15, -0.1) is 0 Å². The fourth-order valence-corrected chi connectivity index (χ4v) is 3.95. The number of aliphatic hydroxyl groups excluding tert-OH is 1. The van der Waals surface area contributed by atoms with Gasteiger partial charge in [0.2, 0.25) is 0 Å². The predicted octanol–water partition coefficient (Wildman–Crippen LogP) is 7.04. The maximum absolute atomic E-state index is 12.4. The molecule has 3 heteroatoms. The Morgan fingerprint density at radius 1 is 0.727 bits per heavy atom. The minimum absolute atomic E-state index is 0.137. The van der Waals surface area contributed by atoms with Gasteiger partial charge in [0.25, 0.3) is 0 Å². The summed E-state index contributed by atoms with van der Waals surface area (Å²) < 4.78 is 0. The second-order valence-electron chi connectivity index (χ2n) is 8.06. The van der Waals surface area contributed by atoms with Crippen molar-refractivity contribution in [2.24, 2.45) is 0 Å². The molecule has 0 aliphatic carbocycles. The second kappa shape index (κ2) is 10.1. The molecule has 1 unspecified atom stereocenters. The molecule has 4 rings (SSSR count). The number of carbonyl (C=O) groups is 1. The van der Waals surface area contributed by atoms with Crippen LogP contribution in [0.15, 0.2) is 121 Å². The van der Waals surface area contributed by atoms with Crippen molar-refractivity contribution in [1.82, 2.24) is 0 Å². The van der Waals surface area contributed by atoms with Crippen molar-refractivity contribution in [1.29, 1.82) is 0 Å². The largest absolute Gasteiger partial charge is 0.395 e. The lowest BCUT2D eigenvalue weighted by molar-refractivity contribution is -0.117. The van der Waals surface area contributed by atoms with Crippen molar-refractivity contribution in [3.05, 3.63) is 127 Å². The molecule has 33 heavy (non-hydrogen) atoms. The average Bonchev–Trinajstić information content (AvgIpc) is 2.87. The lowest BCUT2D eigenvalue weighted by atomic mass is 9.92. The third-order valence-corrected chi connectivity index (χ3v) is 5.72. The molecule has 0 saturated carbocycles. The topological polar surface area (TPSA) is 40.5 Å². The van der Waals surface area contributed by atoms with E-state index in [1.807, 2.05) is 60.7 Å². The number of para-hydroxylation sites is 1. The number of anilines is 3. The molecule has 0 bridgehead atoms. The van der Waals surface area contributed by atoms with Crippen molar-refractivity contribution < 1.29 is 9.90 Å². The molecule has 4 aromatic carbocycles. The van der Waals surface area contributed by atoms with Crippen LogP contribution in [0, 0.1) is 0 Å². The van der Waals surface area contributed by atoms with E-state index in [-0.39, 0.29) is 12.4 Å². The molecule has 0 spiro atoms. The lowest BCUT2D eigenvalue weighted by Crippen LogP contribution is -2.17. The summed E-state index contributed by atoms with van der Waals surface area (Å²) in [5.74, 6) is -0.728. The number of Topliss-reactive ketones (excluding diaryl/α,β-unsaturated/α-hetero) is 1. The molecule has 0 amide bonds. The summed E-state index contributed by atoms with van der Waals surface area (Å²) in [5, 5.41) is 9.78. The van der Waals surface area contributed by atoms with Crippen LogP contribution >= 0.6 is 0 Å². The van der Waals surface area contributed by atoms with Gasteiger partial charge in [-0.1, -0.05) is 79.4 Å². The summed E-state index contributed by atoms with van der Waals surface area (Å²) in [4.78, 5) is 14.6. The molecule has 0 fully saturated rings. The first-order chi connectivity index (χ1) is 16.1. The smallest absolute Gasteiger partial charge is 0.167 e. The Bertz CT molecular complexity index is 1210. The first kappa shape index (κ1) is 22.3. The van der Waals surface area contributed by atoms with E-state index >= 15 is 0 Å². The molecule has 4 aromatic rings. The predicted molar refractivity (Wildman–Crippen MR) is 136 cm³/mol. The summed E-state index contributed by atoms with van der Waals surface area (Å²) in [6, 6.07) is 36.8. The lowest BCUT2D eigenvalue weighted by Gasteiger charge is -2.26. The number of benzene rings is 4. The summed E-state index contributed by atoms with van der Waals surface area (Å²) >= 11 is 0. The van der Waals surface area contributed by atoms with Crippen LogP contribution in [0.4, 0.5) is 17.1 Å². The first-order valence-corrected chi connectivity index (χ1v) is 11.0. The number of carbonyl (C=O) groups excluding carboxylic acids is 1. The Labute approximate surface area is 195 Å².